The van der Waals surface area contributed by atoms with E-state index in [0.29, 0.717) is 12.3 Å². The minimum absolute atomic E-state index is 0.0903. The first-order valence-corrected chi connectivity index (χ1v) is 13.0. The average molecular weight is 519 g/mol. The molecule has 0 bridgehead atoms. The number of carboxylic acid groups (broad SMARTS) is 1. The van der Waals surface area contributed by atoms with Crippen LogP contribution in [0, 0.1) is 22.7 Å². The Morgan fingerprint density at radius 3 is 1.94 bits per heavy atom. The second kappa shape index (κ2) is 18.0. The first kappa shape index (κ1) is 34.6. The number of carbonyl (C=O) groups is 2. The summed E-state index contributed by atoms with van der Waals surface area (Å²) < 4.78 is 5.26. The van der Waals surface area contributed by atoms with Gasteiger partial charge in [0.1, 0.15) is 11.5 Å². The molecule has 3 atom stereocenters. The summed E-state index contributed by atoms with van der Waals surface area (Å²) in [6.07, 6.45) is 7.01. The Labute approximate surface area is 216 Å². The molecule has 0 rings (SSSR count). The van der Waals surface area contributed by atoms with Gasteiger partial charge in [-0.25, -0.2) is 0 Å². The fraction of sp³-hybridized carbons (Fsp3) is 0.852. The monoisotopic (exact) mass is 518 g/mol. The molecule has 36 heavy (non-hydrogen) atoms. The third kappa shape index (κ3) is 11.8. The number of hydrogen-bond acceptors (Lipinski definition) is 8. The van der Waals surface area contributed by atoms with E-state index in [-0.39, 0.29) is 6.42 Å². The van der Waals surface area contributed by atoms with Crippen LogP contribution in [-0.4, -0.2) is 88.1 Å². The first-order chi connectivity index (χ1) is 16.9. The molecule has 0 aliphatic rings. The molecule has 0 amide bonds. The van der Waals surface area contributed by atoms with Crippen LogP contribution in [0.4, 0.5) is 0 Å². The number of aliphatic carboxylic acids is 1. The van der Waals surface area contributed by atoms with Crippen LogP contribution in [0.5, 0.6) is 0 Å². The highest BCUT2D eigenvalue weighted by molar-refractivity contribution is 5.90. The maximum Gasteiger partial charge on any atom is 0.317 e. The summed E-state index contributed by atoms with van der Waals surface area (Å²) in [5.74, 6) is -0.925. The maximum atomic E-state index is 12.6. The minimum atomic E-state index is -2.30. The van der Waals surface area contributed by atoms with Crippen LogP contribution in [0.25, 0.3) is 0 Å². The number of rotatable bonds is 22. The van der Waals surface area contributed by atoms with Crippen LogP contribution in [0.3, 0.4) is 0 Å². The van der Waals surface area contributed by atoms with Gasteiger partial charge in [-0.15, -0.1) is 0 Å². The van der Waals surface area contributed by atoms with Gasteiger partial charge < -0.3 is 35.4 Å². The fourth-order valence-corrected chi connectivity index (χ4v) is 3.95. The number of Topliss-reactive ketones (excluding diaryl/α,β-unsaturated/α-hetero) is 1. The van der Waals surface area contributed by atoms with Crippen LogP contribution in [-0.2, 0) is 14.3 Å². The Bertz CT molecular complexity index is 649. The van der Waals surface area contributed by atoms with Crippen LogP contribution in [0.1, 0.15) is 79.1 Å². The van der Waals surface area contributed by atoms with Gasteiger partial charge in [0, 0.05) is 6.42 Å². The quantitative estimate of drug-likeness (QED) is 0.118. The van der Waals surface area contributed by atoms with Crippen molar-refractivity contribution in [3.8, 4) is 0 Å². The first-order valence-electron chi connectivity index (χ1n) is 13.0. The van der Waals surface area contributed by atoms with Gasteiger partial charge in [-0.1, -0.05) is 58.1 Å². The Morgan fingerprint density at radius 2 is 1.44 bits per heavy atom. The lowest BCUT2D eigenvalue weighted by molar-refractivity contribution is -0.176. The molecule has 0 saturated heterocycles. The summed E-state index contributed by atoms with van der Waals surface area (Å²) in [7, 11) is 0. The van der Waals surface area contributed by atoms with Crippen molar-refractivity contribution in [2.75, 3.05) is 39.6 Å². The van der Waals surface area contributed by atoms with Crippen molar-refractivity contribution < 1.29 is 45.0 Å². The molecule has 9 heteroatoms. The van der Waals surface area contributed by atoms with Gasteiger partial charge >= 0.3 is 5.97 Å². The van der Waals surface area contributed by atoms with Gasteiger partial charge in [-0.2, -0.15) is 0 Å². The maximum absolute atomic E-state index is 12.6. The zero-order chi connectivity index (χ0) is 27.8. The highest BCUT2D eigenvalue weighted by atomic mass is 16.5. The van der Waals surface area contributed by atoms with Gasteiger partial charge in [0.05, 0.1) is 45.1 Å². The van der Waals surface area contributed by atoms with E-state index in [9.17, 15) is 40.2 Å². The second-order valence-corrected chi connectivity index (χ2v) is 10.9. The lowest BCUT2D eigenvalue weighted by Crippen LogP contribution is -2.53. The number of hydrogen-bond donors (Lipinski definition) is 6. The molecule has 9 nitrogen and oxygen atoms in total. The lowest BCUT2D eigenvalue weighted by Gasteiger charge is -2.33. The van der Waals surface area contributed by atoms with Crippen LogP contribution in [0.2, 0.25) is 0 Å². The van der Waals surface area contributed by atoms with Crippen molar-refractivity contribution in [3.63, 3.8) is 0 Å². The zero-order valence-electron chi connectivity index (χ0n) is 22.6. The molecule has 0 aromatic rings. The molecular formula is C27H50O9. The summed E-state index contributed by atoms with van der Waals surface area (Å²) in [4.78, 5) is 24.5. The third-order valence-electron chi connectivity index (χ3n) is 6.94. The largest absolute Gasteiger partial charge is 0.481 e. The predicted octanol–water partition coefficient (Wildman–Crippen LogP) is 2.32. The van der Waals surface area contributed by atoms with E-state index in [1.165, 1.54) is 19.3 Å². The highest BCUT2D eigenvalue weighted by Crippen LogP contribution is 2.27. The van der Waals surface area contributed by atoms with Crippen molar-refractivity contribution in [1.29, 1.82) is 0 Å². The van der Waals surface area contributed by atoms with Crippen molar-refractivity contribution in [2.45, 2.75) is 85.2 Å². The zero-order valence-corrected chi connectivity index (χ0v) is 22.6. The number of aliphatic hydroxyl groups excluding tert-OH is 5. The molecule has 3 unspecified atom stereocenters. The molecule has 6 N–H and O–H groups in total. The number of allylic oxidation sites excluding steroid dienone is 2. The Hall–Kier alpha value is -1.36. The van der Waals surface area contributed by atoms with Gasteiger partial charge in [-0.3, -0.25) is 9.59 Å². The predicted molar refractivity (Wildman–Crippen MR) is 137 cm³/mol. The van der Waals surface area contributed by atoms with E-state index < -0.39 is 68.3 Å². The molecule has 0 radical (unpaired) electrons. The minimum Gasteiger partial charge on any atom is -0.481 e. The molecular weight excluding hydrogens is 468 g/mol. The van der Waals surface area contributed by atoms with Crippen molar-refractivity contribution in [2.24, 2.45) is 22.7 Å². The standard InChI is InChI=1S/C27H50O9/c1-20(2)8-5-9-21(3)10-6-11-22(4)12-7-13-23(32)24(33)27(17-31,25(34)35)19-36-18-26(14-28,15-29)16-30/h12,20-21,24,28-31,33H,5-11,13-19H2,1-4H3,(H,34,35). The molecule has 0 fully saturated rings. The highest BCUT2D eigenvalue weighted by Gasteiger charge is 2.49. The number of ether oxygens (including phenoxy) is 1. The van der Waals surface area contributed by atoms with Gasteiger partial charge in [0.15, 0.2) is 5.78 Å². The number of aliphatic hydroxyl groups is 5. The van der Waals surface area contributed by atoms with Crippen molar-refractivity contribution >= 4 is 11.8 Å². The number of carboxylic acids is 1. The van der Waals surface area contributed by atoms with Crippen molar-refractivity contribution in [1.82, 2.24) is 0 Å². The number of ketones is 1. The number of carbonyl (C=O) groups excluding carboxylic acids is 1. The van der Waals surface area contributed by atoms with Crippen LogP contribution in [0.15, 0.2) is 11.6 Å². The van der Waals surface area contributed by atoms with E-state index in [0.717, 1.165) is 30.8 Å². The Kier molecular flexibility index (Phi) is 17.3. The van der Waals surface area contributed by atoms with Crippen LogP contribution >= 0.6 is 0 Å². The third-order valence-corrected chi connectivity index (χ3v) is 6.94. The average Bonchev–Trinajstić information content (AvgIpc) is 2.84. The summed E-state index contributed by atoms with van der Waals surface area (Å²) in [5.41, 5.74) is -2.58. The van der Waals surface area contributed by atoms with Gasteiger partial charge in [0.25, 0.3) is 0 Å². The van der Waals surface area contributed by atoms with Crippen molar-refractivity contribution in [3.05, 3.63) is 11.6 Å². The lowest BCUT2D eigenvalue weighted by atomic mass is 9.80. The molecule has 0 aliphatic heterocycles. The van der Waals surface area contributed by atoms with Gasteiger partial charge in [-0.05, 0) is 38.0 Å². The normalized spacial score (nSPS) is 16.1. The molecule has 212 valence electrons. The Balaban J connectivity index is 4.79. The molecule has 0 heterocycles. The summed E-state index contributed by atoms with van der Waals surface area (Å²) in [6, 6.07) is 0. The van der Waals surface area contributed by atoms with E-state index in [2.05, 4.69) is 20.8 Å². The smallest absolute Gasteiger partial charge is 0.317 e. The molecule has 0 aromatic heterocycles. The van der Waals surface area contributed by atoms with E-state index in [4.69, 9.17) is 4.74 Å². The topological polar surface area (TPSA) is 165 Å². The summed E-state index contributed by atoms with van der Waals surface area (Å²) in [5, 5.41) is 58.1. The van der Waals surface area contributed by atoms with Gasteiger partial charge in [0.2, 0.25) is 0 Å². The second-order valence-electron chi connectivity index (χ2n) is 10.9. The van der Waals surface area contributed by atoms with E-state index >= 15 is 0 Å². The van der Waals surface area contributed by atoms with Crippen LogP contribution < -0.4 is 0 Å². The SMILES string of the molecule is CC(=CCCC(=O)C(O)C(CO)(COCC(CO)(CO)CO)C(=O)O)CCCC(C)CCCC(C)C. The summed E-state index contributed by atoms with van der Waals surface area (Å²) >= 11 is 0. The Morgan fingerprint density at radius 1 is 0.861 bits per heavy atom. The molecule has 0 spiro atoms. The summed E-state index contributed by atoms with van der Waals surface area (Å²) in [6.45, 7) is 4.66. The molecule has 0 saturated carbocycles. The fourth-order valence-electron chi connectivity index (χ4n) is 3.95. The van der Waals surface area contributed by atoms with E-state index in [1.807, 2.05) is 13.0 Å². The van der Waals surface area contributed by atoms with E-state index in [1.54, 1.807) is 0 Å². The molecule has 0 aromatic carbocycles. The molecule has 0 aliphatic carbocycles.